The van der Waals surface area contributed by atoms with E-state index in [1.165, 1.54) is 0 Å². The van der Waals surface area contributed by atoms with E-state index in [-0.39, 0.29) is 13.0 Å². The largest absolute Gasteiger partial charge is 0.459 e. The van der Waals surface area contributed by atoms with Gasteiger partial charge in [-0.1, -0.05) is 30.3 Å². The van der Waals surface area contributed by atoms with Gasteiger partial charge in [-0.15, -0.1) is 0 Å². The summed E-state index contributed by atoms with van der Waals surface area (Å²) in [6.45, 7) is 5.08. The van der Waals surface area contributed by atoms with E-state index in [0.717, 1.165) is 5.56 Å². The maximum absolute atomic E-state index is 12.1. The Balaban J connectivity index is 2.63. The Kier molecular flexibility index (Phi) is 6.56. The maximum Gasteiger partial charge on any atom is 0.408 e. The number of ether oxygens (including phenoxy) is 2. The molecule has 1 aromatic rings. The molecule has 126 valence electrons. The molecule has 7 nitrogen and oxygen atoms in total. The van der Waals surface area contributed by atoms with Gasteiger partial charge in [0.1, 0.15) is 18.2 Å². The number of esters is 1. The van der Waals surface area contributed by atoms with Gasteiger partial charge in [0.15, 0.2) is 0 Å². The Morgan fingerprint density at radius 3 is 2.30 bits per heavy atom. The van der Waals surface area contributed by atoms with Crippen LogP contribution in [0.1, 0.15) is 32.8 Å². The molecule has 1 atom stereocenters. The minimum absolute atomic E-state index is 0.0327. The number of primary amides is 1. The average Bonchev–Trinajstić information content (AvgIpc) is 2.42. The van der Waals surface area contributed by atoms with Gasteiger partial charge < -0.3 is 20.5 Å². The Morgan fingerprint density at radius 1 is 1.17 bits per heavy atom. The highest BCUT2D eigenvalue weighted by Crippen LogP contribution is 2.08. The first-order chi connectivity index (χ1) is 10.7. The fourth-order valence-electron chi connectivity index (χ4n) is 1.67. The molecule has 2 amide bonds. The smallest absolute Gasteiger partial charge is 0.408 e. The normalized spacial score (nSPS) is 12.1. The van der Waals surface area contributed by atoms with Crippen molar-refractivity contribution in [1.82, 2.24) is 5.32 Å². The molecule has 23 heavy (non-hydrogen) atoms. The highest BCUT2D eigenvalue weighted by Gasteiger charge is 2.27. The zero-order valence-electron chi connectivity index (χ0n) is 13.5. The molecule has 0 saturated carbocycles. The molecule has 3 N–H and O–H groups in total. The molecule has 0 saturated heterocycles. The van der Waals surface area contributed by atoms with Crippen molar-refractivity contribution in [2.75, 3.05) is 0 Å². The van der Waals surface area contributed by atoms with Gasteiger partial charge >= 0.3 is 12.1 Å². The number of alkyl carbamates (subject to hydrolysis) is 1. The first-order valence-electron chi connectivity index (χ1n) is 7.16. The second-order valence-electron chi connectivity index (χ2n) is 5.96. The molecule has 0 heterocycles. The molecule has 0 aliphatic rings. The molecule has 0 bridgehead atoms. The maximum atomic E-state index is 12.1. The van der Waals surface area contributed by atoms with E-state index in [1.54, 1.807) is 32.9 Å². The summed E-state index contributed by atoms with van der Waals surface area (Å²) in [5.41, 5.74) is 5.16. The van der Waals surface area contributed by atoms with Gasteiger partial charge in [-0.3, -0.25) is 4.79 Å². The lowest BCUT2D eigenvalue weighted by atomic mass is 10.2. The lowest BCUT2D eigenvalue weighted by Gasteiger charge is -2.22. The average molecular weight is 323 g/mol. The van der Waals surface area contributed by atoms with Crippen molar-refractivity contribution in [3.05, 3.63) is 35.9 Å². The molecule has 1 rings (SSSR count). The van der Waals surface area contributed by atoms with Gasteiger partial charge in [-0.25, -0.2) is 9.59 Å². The van der Waals surface area contributed by atoms with Gasteiger partial charge in [-0.2, -0.15) is 0 Å². The van der Waals surface area contributed by atoms with Crippen molar-refractivity contribution in [2.24, 2.45) is 5.73 Å². The molecule has 1 aromatic carbocycles. The summed E-state index contributed by atoms with van der Waals surface area (Å²) in [6.07, 6.45) is -1.19. The van der Waals surface area contributed by atoms with E-state index in [9.17, 15) is 14.4 Å². The zero-order valence-corrected chi connectivity index (χ0v) is 13.5. The number of hydrogen-bond donors (Lipinski definition) is 2. The number of rotatable bonds is 6. The van der Waals surface area contributed by atoms with Crippen molar-refractivity contribution in [3.8, 4) is 0 Å². The minimum atomic E-state index is -1.19. The highest BCUT2D eigenvalue weighted by atomic mass is 16.6. The summed E-state index contributed by atoms with van der Waals surface area (Å²) in [5, 5.41) is 2.30. The standard InChI is InChI=1S/C16H22N2O5/c1-16(2,3)23-15(21)18-12(9-13(17)19)14(20)22-10-11-7-5-4-6-8-11/h4-8,12H,9-10H2,1-3H3,(H2,17,19)(H,18,21)/t12-/m0/s1/i17+1. The zero-order chi connectivity index (χ0) is 17.5. The highest BCUT2D eigenvalue weighted by molar-refractivity contribution is 5.87. The summed E-state index contributed by atoms with van der Waals surface area (Å²) < 4.78 is 10.2. The van der Waals surface area contributed by atoms with E-state index >= 15 is 0 Å². The fraction of sp³-hybridized carbons (Fsp3) is 0.438. The van der Waals surface area contributed by atoms with Gasteiger partial charge in [0.25, 0.3) is 0 Å². The van der Waals surface area contributed by atoms with E-state index in [0.29, 0.717) is 0 Å². The summed E-state index contributed by atoms with van der Waals surface area (Å²) in [4.78, 5) is 34.9. The van der Waals surface area contributed by atoms with Gasteiger partial charge in [0, 0.05) is 0 Å². The van der Waals surface area contributed by atoms with E-state index < -0.39 is 29.6 Å². The van der Waals surface area contributed by atoms with E-state index in [4.69, 9.17) is 15.2 Å². The second-order valence-corrected chi connectivity index (χ2v) is 5.96. The number of amides is 2. The number of benzene rings is 1. The van der Waals surface area contributed by atoms with Crippen LogP contribution >= 0.6 is 0 Å². The first kappa shape index (κ1) is 18.5. The van der Waals surface area contributed by atoms with Crippen LogP contribution in [0.4, 0.5) is 4.79 Å². The Hall–Kier alpha value is -2.57. The van der Waals surface area contributed by atoms with Crippen LogP contribution in [0.15, 0.2) is 30.3 Å². The molecular weight excluding hydrogens is 301 g/mol. The monoisotopic (exact) mass is 323 g/mol. The third-order valence-corrected chi connectivity index (χ3v) is 2.60. The molecule has 0 aromatic heterocycles. The van der Waals surface area contributed by atoms with Gasteiger partial charge in [-0.05, 0) is 26.3 Å². The van der Waals surface area contributed by atoms with E-state index in [1.807, 2.05) is 18.2 Å². The topological polar surface area (TPSA) is 108 Å². The van der Waals surface area contributed by atoms with Crippen molar-refractivity contribution >= 4 is 18.0 Å². The number of nitrogens with two attached hydrogens (primary N) is 1. The lowest BCUT2D eigenvalue weighted by molar-refractivity contribution is -0.148. The summed E-state index contributed by atoms with van der Waals surface area (Å²) in [7, 11) is 0. The third kappa shape index (κ3) is 7.85. The third-order valence-electron chi connectivity index (χ3n) is 2.60. The van der Waals surface area contributed by atoms with Crippen LogP contribution < -0.4 is 11.1 Å². The molecule has 0 spiro atoms. The van der Waals surface area contributed by atoms with E-state index in [2.05, 4.69) is 5.32 Å². The lowest BCUT2D eigenvalue weighted by Crippen LogP contribution is -2.46. The summed E-state index contributed by atoms with van der Waals surface area (Å²) in [6, 6.07) is 7.85. The molecule has 0 radical (unpaired) electrons. The molecule has 0 unspecified atom stereocenters. The number of nitrogens with one attached hydrogen (secondary N) is 1. The van der Waals surface area contributed by atoms with Gasteiger partial charge in [0.2, 0.25) is 5.91 Å². The Bertz CT molecular complexity index is 551. The summed E-state index contributed by atoms with van der Waals surface area (Å²) in [5.74, 6) is -1.48. The second kappa shape index (κ2) is 8.17. The van der Waals surface area contributed by atoms with Crippen LogP contribution in [0, 0.1) is 0 Å². The summed E-state index contributed by atoms with van der Waals surface area (Å²) >= 11 is 0. The predicted octanol–water partition coefficient (Wildman–Crippen LogP) is 1.50. The number of carbonyl (C=O) groups excluding carboxylic acids is 3. The van der Waals surface area contributed by atoms with Crippen molar-refractivity contribution in [2.45, 2.75) is 45.4 Å². The molecule has 7 heteroatoms. The predicted molar refractivity (Wildman–Crippen MR) is 83.2 cm³/mol. The Labute approximate surface area is 135 Å². The van der Waals surface area contributed by atoms with Crippen LogP contribution in [0.5, 0.6) is 0 Å². The quantitative estimate of drug-likeness (QED) is 0.609. The SMILES string of the molecule is CC(C)(C)OC(=O)N[C@@H](CC([15NH2])=O)C(=O)OCc1ccccc1. The van der Waals surface area contributed by atoms with Crippen LogP contribution in [0.3, 0.4) is 0 Å². The molecular formula is C16H22N2O5. The first-order valence-corrected chi connectivity index (χ1v) is 7.16. The Morgan fingerprint density at radius 2 is 1.78 bits per heavy atom. The van der Waals surface area contributed by atoms with Crippen molar-refractivity contribution in [3.63, 3.8) is 0 Å². The van der Waals surface area contributed by atoms with Crippen molar-refractivity contribution in [1.29, 1.82) is 0 Å². The molecule has 0 aliphatic carbocycles. The minimum Gasteiger partial charge on any atom is -0.459 e. The fourth-order valence-corrected chi connectivity index (χ4v) is 1.67. The van der Waals surface area contributed by atoms with Crippen LogP contribution in [-0.4, -0.2) is 29.6 Å². The van der Waals surface area contributed by atoms with Gasteiger partial charge in [0.05, 0.1) is 6.42 Å². The number of carbonyl (C=O) groups is 3. The molecule has 0 aliphatic heterocycles. The molecule has 0 fully saturated rings. The van der Waals surface area contributed by atoms with Crippen LogP contribution in [0.2, 0.25) is 0 Å². The van der Waals surface area contributed by atoms with Crippen molar-refractivity contribution < 1.29 is 23.9 Å². The number of hydrogen-bond acceptors (Lipinski definition) is 5. The van der Waals surface area contributed by atoms with Crippen LogP contribution in [0.25, 0.3) is 0 Å². The van der Waals surface area contributed by atoms with Crippen LogP contribution in [-0.2, 0) is 25.7 Å².